The van der Waals surface area contributed by atoms with Crippen LogP contribution in [0.1, 0.15) is 10.4 Å². The number of methoxy groups -OCH3 is 1. The molecule has 0 fully saturated rings. The lowest BCUT2D eigenvalue weighted by Crippen LogP contribution is -2.35. The van der Waals surface area contributed by atoms with Gasteiger partial charge in [0.15, 0.2) is 0 Å². The largest absolute Gasteiger partial charge is 0.478 e. The maximum absolute atomic E-state index is 11.5. The summed E-state index contributed by atoms with van der Waals surface area (Å²) in [5, 5.41) is 8.75. The number of ether oxygens (including phenoxy) is 1. The molecular weight excluding hydrogens is 344 g/mol. The third-order valence-corrected chi connectivity index (χ3v) is 3.44. The van der Waals surface area contributed by atoms with Crippen LogP contribution >= 0.6 is 15.9 Å². The molecule has 0 saturated heterocycles. The number of carbonyl (C=O) groups is 2. The molecule has 1 aromatic rings. The van der Waals surface area contributed by atoms with Crippen LogP contribution in [0.25, 0.3) is 0 Å². The van der Waals surface area contributed by atoms with Gasteiger partial charge in [0.25, 0.3) is 0 Å². The Bertz CT molecular complexity index is 615. The highest BCUT2D eigenvalue weighted by Crippen LogP contribution is 2.24. The average molecular weight is 353 g/mol. The van der Waals surface area contributed by atoms with Gasteiger partial charge in [-0.15, -0.1) is 0 Å². The van der Waals surface area contributed by atoms with Crippen molar-refractivity contribution in [2.75, 3.05) is 11.8 Å². The first-order chi connectivity index (χ1) is 8.75. The number of rotatable bonds is 4. The molecule has 0 aliphatic carbocycles. The van der Waals surface area contributed by atoms with Crippen molar-refractivity contribution in [1.82, 2.24) is 4.72 Å². The number of carboxylic acid groups (broad SMARTS) is 1. The Morgan fingerprint density at radius 2 is 2.00 bits per heavy atom. The average Bonchev–Trinajstić information content (AvgIpc) is 2.30. The van der Waals surface area contributed by atoms with E-state index in [4.69, 9.17) is 5.11 Å². The minimum absolute atomic E-state index is 0.0178. The SMILES string of the molecule is COC(=O)NS(=O)(=O)Nc1ccc(C(=O)O)cc1Br. The number of nitrogens with one attached hydrogen (secondary N) is 2. The van der Waals surface area contributed by atoms with E-state index in [1.165, 1.54) is 18.2 Å². The number of hydrogen-bond acceptors (Lipinski definition) is 5. The molecule has 0 heterocycles. The molecule has 0 atom stereocenters. The summed E-state index contributed by atoms with van der Waals surface area (Å²) in [6, 6.07) is 3.67. The second-order valence-corrected chi connectivity index (χ2v) is 5.47. The number of carboxylic acids is 1. The van der Waals surface area contributed by atoms with Gasteiger partial charge in [0.1, 0.15) is 0 Å². The van der Waals surface area contributed by atoms with Gasteiger partial charge in [-0.2, -0.15) is 8.42 Å². The second-order valence-electron chi connectivity index (χ2n) is 3.20. The van der Waals surface area contributed by atoms with Gasteiger partial charge in [-0.3, -0.25) is 4.72 Å². The Hall–Kier alpha value is -1.81. The van der Waals surface area contributed by atoms with Crippen LogP contribution in [0.5, 0.6) is 0 Å². The lowest BCUT2D eigenvalue weighted by atomic mass is 10.2. The topological polar surface area (TPSA) is 122 Å². The zero-order valence-corrected chi connectivity index (χ0v) is 11.9. The van der Waals surface area contributed by atoms with E-state index in [-0.39, 0.29) is 15.7 Å². The third kappa shape index (κ3) is 4.41. The van der Waals surface area contributed by atoms with Gasteiger partial charge in [-0.25, -0.2) is 14.3 Å². The van der Waals surface area contributed by atoms with Crippen molar-refractivity contribution in [3.8, 4) is 0 Å². The fraction of sp³-hybridized carbons (Fsp3) is 0.111. The third-order valence-electron chi connectivity index (χ3n) is 1.86. The van der Waals surface area contributed by atoms with Crippen LogP contribution in [0.3, 0.4) is 0 Å². The van der Waals surface area contributed by atoms with E-state index in [0.717, 1.165) is 7.11 Å². The molecule has 1 amide bonds. The van der Waals surface area contributed by atoms with Crippen molar-refractivity contribution in [2.24, 2.45) is 0 Å². The van der Waals surface area contributed by atoms with Crippen molar-refractivity contribution < 1.29 is 27.9 Å². The van der Waals surface area contributed by atoms with Crippen LogP contribution in [-0.2, 0) is 14.9 Å². The van der Waals surface area contributed by atoms with E-state index < -0.39 is 22.3 Å². The molecule has 1 rings (SSSR count). The molecule has 1 aromatic carbocycles. The maximum Gasteiger partial charge on any atom is 0.422 e. The summed E-state index contributed by atoms with van der Waals surface area (Å²) in [7, 11) is -3.14. The molecule has 0 spiro atoms. The van der Waals surface area contributed by atoms with Gasteiger partial charge in [0.05, 0.1) is 18.4 Å². The monoisotopic (exact) mass is 352 g/mol. The molecule has 0 saturated carbocycles. The van der Waals surface area contributed by atoms with Crippen molar-refractivity contribution in [2.45, 2.75) is 0 Å². The molecule has 0 bridgehead atoms. The van der Waals surface area contributed by atoms with Gasteiger partial charge in [-0.05, 0) is 34.1 Å². The molecule has 0 aliphatic rings. The van der Waals surface area contributed by atoms with Gasteiger partial charge in [0, 0.05) is 4.47 Å². The van der Waals surface area contributed by atoms with E-state index in [1.54, 1.807) is 4.72 Å². The summed E-state index contributed by atoms with van der Waals surface area (Å²) < 4.78 is 30.9. The van der Waals surface area contributed by atoms with Gasteiger partial charge in [-0.1, -0.05) is 0 Å². The Balaban J connectivity index is 2.94. The summed E-state index contributed by atoms with van der Waals surface area (Å²) >= 11 is 3.02. The predicted octanol–water partition coefficient (Wildman–Crippen LogP) is 1.16. The number of amides is 1. The van der Waals surface area contributed by atoms with Gasteiger partial charge in [0.2, 0.25) is 0 Å². The molecule has 0 aromatic heterocycles. The number of halogens is 1. The smallest absolute Gasteiger partial charge is 0.422 e. The number of carbonyl (C=O) groups excluding carboxylic acids is 1. The summed E-state index contributed by atoms with van der Waals surface area (Å²) in [5.41, 5.74) is 0.0529. The molecule has 0 radical (unpaired) electrons. The maximum atomic E-state index is 11.5. The van der Waals surface area contributed by atoms with Crippen LogP contribution in [0.15, 0.2) is 22.7 Å². The standard InChI is InChI=1S/C9H9BrN2O6S/c1-18-9(15)12-19(16,17)11-7-3-2-5(8(13)14)4-6(7)10/h2-4,11H,1H3,(H,12,15)(H,13,14). The quantitative estimate of drug-likeness (QED) is 0.747. The molecule has 3 N–H and O–H groups in total. The highest BCUT2D eigenvalue weighted by Gasteiger charge is 2.16. The molecule has 8 nitrogen and oxygen atoms in total. The van der Waals surface area contributed by atoms with Crippen LogP contribution < -0.4 is 9.44 Å². The minimum Gasteiger partial charge on any atom is -0.478 e. The van der Waals surface area contributed by atoms with Gasteiger partial charge >= 0.3 is 22.3 Å². The summed E-state index contributed by atoms with van der Waals surface area (Å²) in [6.07, 6.45) is -1.15. The zero-order chi connectivity index (χ0) is 14.6. The Morgan fingerprint density at radius 1 is 1.37 bits per heavy atom. The molecule has 0 aliphatic heterocycles. The summed E-state index contributed by atoms with van der Waals surface area (Å²) in [5.74, 6) is -1.15. The highest BCUT2D eigenvalue weighted by atomic mass is 79.9. The highest BCUT2D eigenvalue weighted by molar-refractivity contribution is 9.10. The van der Waals surface area contributed by atoms with Crippen molar-refractivity contribution in [3.63, 3.8) is 0 Å². The van der Waals surface area contributed by atoms with Gasteiger partial charge < -0.3 is 9.84 Å². The zero-order valence-electron chi connectivity index (χ0n) is 9.51. The number of anilines is 1. The fourth-order valence-corrected chi connectivity index (χ4v) is 2.48. The summed E-state index contributed by atoms with van der Waals surface area (Å²) in [4.78, 5) is 21.5. The van der Waals surface area contributed by atoms with Crippen LogP contribution in [0.4, 0.5) is 10.5 Å². The molecule has 0 unspecified atom stereocenters. The molecular formula is C9H9BrN2O6S. The summed E-state index contributed by atoms with van der Waals surface area (Å²) in [6.45, 7) is 0. The van der Waals surface area contributed by atoms with Crippen molar-refractivity contribution in [1.29, 1.82) is 0 Å². The van der Waals surface area contributed by atoms with E-state index in [1.807, 2.05) is 4.72 Å². The van der Waals surface area contributed by atoms with Crippen molar-refractivity contribution >= 4 is 43.9 Å². The first-order valence-electron chi connectivity index (χ1n) is 4.66. The van der Waals surface area contributed by atoms with Crippen LogP contribution in [-0.4, -0.2) is 32.7 Å². The number of benzene rings is 1. The fourth-order valence-electron chi connectivity index (χ4n) is 1.05. The molecule has 10 heteroatoms. The first-order valence-corrected chi connectivity index (χ1v) is 6.94. The lowest BCUT2D eigenvalue weighted by Gasteiger charge is -2.10. The van der Waals surface area contributed by atoms with E-state index in [9.17, 15) is 18.0 Å². The second kappa shape index (κ2) is 5.89. The van der Waals surface area contributed by atoms with Crippen LogP contribution in [0.2, 0.25) is 0 Å². The Labute approximate surface area is 117 Å². The Kier molecular flexibility index (Phi) is 4.72. The van der Waals surface area contributed by atoms with E-state index in [0.29, 0.717) is 0 Å². The normalized spacial score (nSPS) is 10.6. The Morgan fingerprint density at radius 3 is 2.47 bits per heavy atom. The van der Waals surface area contributed by atoms with E-state index in [2.05, 4.69) is 20.7 Å². The van der Waals surface area contributed by atoms with Crippen LogP contribution in [0, 0.1) is 0 Å². The predicted molar refractivity (Wildman–Crippen MR) is 69.2 cm³/mol. The van der Waals surface area contributed by atoms with E-state index >= 15 is 0 Å². The number of hydrogen-bond donors (Lipinski definition) is 3. The lowest BCUT2D eigenvalue weighted by molar-refractivity contribution is 0.0696. The van der Waals surface area contributed by atoms with Crippen molar-refractivity contribution in [3.05, 3.63) is 28.2 Å². The number of aromatic carboxylic acids is 1. The molecule has 19 heavy (non-hydrogen) atoms. The first kappa shape index (κ1) is 15.2. The molecule has 104 valence electrons. The minimum atomic E-state index is -4.15.